The van der Waals surface area contributed by atoms with Crippen molar-refractivity contribution in [1.82, 2.24) is 5.32 Å². The van der Waals surface area contributed by atoms with Gasteiger partial charge in [-0.05, 0) is 35.7 Å². The Labute approximate surface area is 93.1 Å². The normalized spacial score (nSPS) is 14.8. The van der Waals surface area contributed by atoms with Crippen molar-refractivity contribution in [1.29, 1.82) is 0 Å². The van der Waals surface area contributed by atoms with Gasteiger partial charge in [0.05, 0.1) is 0 Å². The van der Waals surface area contributed by atoms with Gasteiger partial charge in [0.2, 0.25) is 0 Å². The van der Waals surface area contributed by atoms with E-state index in [1.54, 1.807) is 11.3 Å². The molecule has 0 fully saturated rings. The van der Waals surface area contributed by atoms with Gasteiger partial charge in [-0.15, -0.1) is 0 Å². The van der Waals surface area contributed by atoms with Crippen LogP contribution in [0.15, 0.2) is 16.8 Å². The maximum absolute atomic E-state index is 10.5. The van der Waals surface area contributed by atoms with E-state index in [4.69, 9.17) is 10.8 Å². The fourth-order valence-corrected chi connectivity index (χ4v) is 1.93. The summed E-state index contributed by atoms with van der Waals surface area (Å²) >= 11 is 1.66. The molecule has 5 heteroatoms. The topological polar surface area (TPSA) is 75.3 Å². The second-order valence-corrected chi connectivity index (χ2v) is 4.37. The molecule has 0 saturated heterocycles. The van der Waals surface area contributed by atoms with E-state index >= 15 is 0 Å². The van der Waals surface area contributed by atoms with Crippen molar-refractivity contribution in [3.8, 4) is 0 Å². The molecule has 0 aliphatic rings. The highest BCUT2D eigenvalue weighted by atomic mass is 32.1. The first kappa shape index (κ1) is 12.2. The molecule has 0 saturated carbocycles. The maximum atomic E-state index is 10.5. The van der Waals surface area contributed by atoms with Crippen LogP contribution in [0.4, 0.5) is 0 Å². The van der Waals surface area contributed by atoms with Crippen LogP contribution in [-0.2, 0) is 11.2 Å². The van der Waals surface area contributed by atoms with E-state index in [-0.39, 0.29) is 6.04 Å². The van der Waals surface area contributed by atoms with E-state index in [0.717, 1.165) is 6.42 Å². The van der Waals surface area contributed by atoms with Crippen LogP contribution < -0.4 is 11.1 Å². The molecule has 2 atom stereocenters. The summed E-state index contributed by atoms with van der Waals surface area (Å²) in [6, 6.07) is 1.49. The van der Waals surface area contributed by atoms with Gasteiger partial charge in [-0.1, -0.05) is 0 Å². The summed E-state index contributed by atoms with van der Waals surface area (Å²) in [7, 11) is 0. The second-order valence-electron chi connectivity index (χ2n) is 3.59. The summed E-state index contributed by atoms with van der Waals surface area (Å²) in [6.45, 7) is 2.33. The molecule has 4 nitrogen and oxygen atoms in total. The number of carbonyl (C=O) groups is 1. The molecule has 2 unspecified atom stereocenters. The number of carboxylic acid groups (broad SMARTS) is 1. The number of thiophene rings is 1. The Kier molecular flexibility index (Phi) is 4.74. The van der Waals surface area contributed by atoms with Crippen LogP contribution in [0.5, 0.6) is 0 Å². The average molecular weight is 228 g/mol. The lowest BCUT2D eigenvalue weighted by Crippen LogP contribution is -2.43. The predicted molar refractivity (Wildman–Crippen MR) is 61.1 cm³/mol. The van der Waals surface area contributed by atoms with Crippen molar-refractivity contribution in [3.05, 3.63) is 22.4 Å². The highest BCUT2D eigenvalue weighted by molar-refractivity contribution is 7.07. The zero-order chi connectivity index (χ0) is 11.3. The van der Waals surface area contributed by atoms with Crippen molar-refractivity contribution in [2.45, 2.75) is 25.4 Å². The molecule has 0 bridgehead atoms. The Hall–Kier alpha value is -0.910. The van der Waals surface area contributed by atoms with E-state index in [9.17, 15) is 4.79 Å². The van der Waals surface area contributed by atoms with Gasteiger partial charge in [0.25, 0.3) is 0 Å². The van der Waals surface area contributed by atoms with Crippen LogP contribution in [-0.4, -0.2) is 29.7 Å². The molecule has 0 aliphatic heterocycles. The molecular weight excluding hydrogens is 212 g/mol. The number of hydrogen-bond acceptors (Lipinski definition) is 4. The first-order valence-corrected chi connectivity index (χ1v) is 5.76. The van der Waals surface area contributed by atoms with Crippen molar-refractivity contribution in [2.24, 2.45) is 5.73 Å². The molecule has 1 aromatic heterocycles. The minimum Gasteiger partial charge on any atom is -0.480 e. The summed E-state index contributed by atoms with van der Waals surface area (Å²) in [5.41, 5.74) is 6.65. The van der Waals surface area contributed by atoms with Gasteiger partial charge in [-0.2, -0.15) is 11.3 Å². The Morgan fingerprint density at radius 2 is 2.47 bits per heavy atom. The smallest absolute Gasteiger partial charge is 0.321 e. The molecule has 15 heavy (non-hydrogen) atoms. The summed E-state index contributed by atoms with van der Waals surface area (Å²) in [4.78, 5) is 10.5. The van der Waals surface area contributed by atoms with Crippen LogP contribution in [0.3, 0.4) is 0 Å². The van der Waals surface area contributed by atoms with Gasteiger partial charge in [-0.25, -0.2) is 0 Å². The van der Waals surface area contributed by atoms with Crippen molar-refractivity contribution in [2.75, 3.05) is 6.54 Å². The third-order valence-corrected chi connectivity index (χ3v) is 2.86. The zero-order valence-electron chi connectivity index (χ0n) is 8.64. The number of nitrogens with two attached hydrogens (primary N) is 1. The molecule has 1 rings (SSSR count). The third kappa shape index (κ3) is 4.42. The lowest BCUT2D eigenvalue weighted by Gasteiger charge is -2.14. The van der Waals surface area contributed by atoms with E-state index in [1.807, 2.05) is 12.3 Å². The molecule has 84 valence electrons. The fourth-order valence-electron chi connectivity index (χ4n) is 1.25. The Morgan fingerprint density at radius 3 is 3.00 bits per heavy atom. The quantitative estimate of drug-likeness (QED) is 0.669. The number of rotatable bonds is 6. The van der Waals surface area contributed by atoms with Crippen molar-refractivity contribution in [3.63, 3.8) is 0 Å². The van der Waals surface area contributed by atoms with E-state index in [0.29, 0.717) is 6.54 Å². The summed E-state index contributed by atoms with van der Waals surface area (Å²) < 4.78 is 0. The molecule has 1 heterocycles. The SMILES string of the molecule is CC(Cc1ccsc1)NCC(N)C(=O)O. The predicted octanol–water partition coefficient (Wildman–Crippen LogP) is 0.681. The average Bonchev–Trinajstić information content (AvgIpc) is 2.66. The summed E-state index contributed by atoms with van der Waals surface area (Å²) in [5.74, 6) is -0.967. The second kappa shape index (κ2) is 5.85. The minimum atomic E-state index is -0.967. The lowest BCUT2D eigenvalue weighted by atomic mass is 10.1. The molecule has 0 spiro atoms. The highest BCUT2D eigenvalue weighted by Gasteiger charge is 2.12. The monoisotopic (exact) mass is 228 g/mol. The van der Waals surface area contributed by atoms with E-state index in [1.165, 1.54) is 5.56 Å². The van der Waals surface area contributed by atoms with Gasteiger partial charge >= 0.3 is 5.97 Å². The Morgan fingerprint density at radius 1 is 1.73 bits per heavy atom. The van der Waals surface area contributed by atoms with E-state index in [2.05, 4.69) is 16.8 Å². The largest absolute Gasteiger partial charge is 0.480 e. The highest BCUT2D eigenvalue weighted by Crippen LogP contribution is 2.08. The minimum absolute atomic E-state index is 0.241. The number of aliphatic carboxylic acids is 1. The molecule has 4 N–H and O–H groups in total. The van der Waals surface area contributed by atoms with Gasteiger partial charge in [-0.3, -0.25) is 4.79 Å². The van der Waals surface area contributed by atoms with Crippen LogP contribution in [0.25, 0.3) is 0 Å². The number of hydrogen-bond donors (Lipinski definition) is 3. The number of nitrogens with one attached hydrogen (secondary N) is 1. The van der Waals surface area contributed by atoms with Crippen LogP contribution >= 0.6 is 11.3 Å². The fraction of sp³-hybridized carbons (Fsp3) is 0.500. The zero-order valence-corrected chi connectivity index (χ0v) is 9.46. The van der Waals surface area contributed by atoms with Gasteiger partial charge in [0, 0.05) is 12.6 Å². The summed E-state index contributed by atoms with van der Waals surface area (Å²) in [5, 5.41) is 15.8. The summed E-state index contributed by atoms with van der Waals surface area (Å²) in [6.07, 6.45) is 0.899. The standard InChI is InChI=1S/C10H16N2O2S/c1-7(4-8-2-3-15-6-8)12-5-9(11)10(13)14/h2-3,6-7,9,12H,4-5,11H2,1H3,(H,13,14). The van der Waals surface area contributed by atoms with Crippen molar-refractivity contribution >= 4 is 17.3 Å². The maximum Gasteiger partial charge on any atom is 0.321 e. The Bertz CT molecular complexity index is 300. The molecule has 0 aromatic carbocycles. The molecule has 0 radical (unpaired) electrons. The van der Waals surface area contributed by atoms with E-state index < -0.39 is 12.0 Å². The Balaban J connectivity index is 2.25. The van der Waals surface area contributed by atoms with Gasteiger partial charge in [0.1, 0.15) is 6.04 Å². The molecule has 1 aromatic rings. The molecule has 0 amide bonds. The molecule has 0 aliphatic carbocycles. The van der Waals surface area contributed by atoms with Gasteiger partial charge < -0.3 is 16.2 Å². The number of carboxylic acids is 1. The lowest BCUT2D eigenvalue weighted by molar-refractivity contribution is -0.138. The molecular formula is C10H16N2O2S. The first-order valence-electron chi connectivity index (χ1n) is 4.82. The van der Waals surface area contributed by atoms with Gasteiger partial charge in [0.15, 0.2) is 0 Å². The van der Waals surface area contributed by atoms with Crippen LogP contribution in [0, 0.1) is 0 Å². The van der Waals surface area contributed by atoms with Crippen LogP contribution in [0.1, 0.15) is 12.5 Å². The first-order chi connectivity index (χ1) is 7.09. The third-order valence-electron chi connectivity index (χ3n) is 2.13. The van der Waals surface area contributed by atoms with Crippen molar-refractivity contribution < 1.29 is 9.90 Å². The van der Waals surface area contributed by atoms with Crippen LogP contribution in [0.2, 0.25) is 0 Å².